The Morgan fingerprint density at radius 3 is 2.96 bits per heavy atom. The lowest BCUT2D eigenvalue weighted by Gasteiger charge is -2.17. The minimum atomic E-state index is -0.337. The molecule has 1 aliphatic rings. The molecule has 0 aliphatic carbocycles. The fraction of sp³-hybridized carbons (Fsp3) is 0.444. The molecule has 2 amide bonds. The van der Waals surface area contributed by atoms with Gasteiger partial charge in [-0.15, -0.1) is 10.2 Å². The quantitative estimate of drug-likeness (QED) is 0.864. The number of nitrogens with zero attached hydrogens (tertiary/aromatic N) is 4. The van der Waals surface area contributed by atoms with Crippen LogP contribution in [0.5, 0.6) is 0 Å². The Balaban J connectivity index is 1.62. The van der Waals surface area contributed by atoms with Crippen molar-refractivity contribution in [3.63, 3.8) is 0 Å². The molecule has 1 saturated heterocycles. The zero-order chi connectivity index (χ0) is 17.8. The molecule has 25 heavy (non-hydrogen) atoms. The van der Waals surface area contributed by atoms with Crippen molar-refractivity contribution >= 4 is 17.5 Å². The normalized spacial score (nSPS) is 17.1. The summed E-state index contributed by atoms with van der Waals surface area (Å²) in [5.41, 5.74) is 2.04. The maximum atomic E-state index is 12.4. The smallest absolute Gasteiger partial charge is 0.227 e. The highest BCUT2D eigenvalue weighted by atomic mass is 16.2. The van der Waals surface area contributed by atoms with Crippen molar-refractivity contribution in [1.82, 2.24) is 20.1 Å². The Labute approximate surface area is 147 Å². The molecule has 2 heterocycles. The summed E-state index contributed by atoms with van der Waals surface area (Å²) < 4.78 is 1.88. The molecule has 1 N–H and O–H groups in total. The minimum Gasteiger partial charge on any atom is -0.348 e. The number of rotatable bonds is 6. The van der Waals surface area contributed by atoms with Gasteiger partial charge in [-0.25, -0.2) is 0 Å². The molecule has 7 heteroatoms. The fourth-order valence-corrected chi connectivity index (χ4v) is 3.07. The predicted molar refractivity (Wildman–Crippen MR) is 93.8 cm³/mol. The van der Waals surface area contributed by atoms with Crippen LogP contribution in [0.4, 0.5) is 5.69 Å². The van der Waals surface area contributed by atoms with Gasteiger partial charge in [0.05, 0.1) is 12.5 Å². The van der Waals surface area contributed by atoms with Crippen molar-refractivity contribution < 1.29 is 9.59 Å². The Hall–Kier alpha value is -2.70. The van der Waals surface area contributed by atoms with Gasteiger partial charge in [0, 0.05) is 25.2 Å². The molecule has 1 fully saturated rings. The van der Waals surface area contributed by atoms with Gasteiger partial charge in [0.25, 0.3) is 0 Å². The standard InChI is InChI=1S/C18H23N5O2/c1-3-13-6-5-7-15(8-13)23-11-14(9-17(23)24)18(25)19-10-16-21-20-12-22(16)4-2/h5-8,12,14H,3-4,9-11H2,1-2H3,(H,19,25)/t14-/m0/s1. The van der Waals surface area contributed by atoms with E-state index in [2.05, 4.69) is 22.4 Å². The summed E-state index contributed by atoms with van der Waals surface area (Å²) in [5, 5.41) is 10.7. The molecule has 1 aromatic heterocycles. The zero-order valence-electron chi connectivity index (χ0n) is 14.6. The van der Waals surface area contributed by atoms with Gasteiger partial charge in [0.1, 0.15) is 6.33 Å². The monoisotopic (exact) mass is 341 g/mol. The van der Waals surface area contributed by atoms with E-state index in [9.17, 15) is 9.59 Å². The van der Waals surface area contributed by atoms with Crippen LogP contribution in [-0.2, 0) is 29.1 Å². The van der Waals surface area contributed by atoms with E-state index in [0.717, 1.165) is 18.7 Å². The van der Waals surface area contributed by atoms with E-state index in [0.29, 0.717) is 18.9 Å². The highest BCUT2D eigenvalue weighted by molar-refractivity contribution is 6.00. The van der Waals surface area contributed by atoms with Gasteiger partial charge < -0.3 is 14.8 Å². The number of nitrogens with one attached hydrogen (secondary N) is 1. The van der Waals surface area contributed by atoms with Crippen LogP contribution in [0.3, 0.4) is 0 Å². The highest BCUT2D eigenvalue weighted by Crippen LogP contribution is 2.26. The molecule has 0 radical (unpaired) electrons. The number of carbonyl (C=O) groups excluding carboxylic acids is 2. The molecule has 1 aromatic carbocycles. The van der Waals surface area contributed by atoms with E-state index >= 15 is 0 Å². The summed E-state index contributed by atoms with van der Waals surface area (Å²) in [6, 6.07) is 7.92. The summed E-state index contributed by atoms with van der Waals surface area (Å²) in [4.78, 5) is 26.5. The second-order valence-electron chi connectivity index (χ2n) is 6.18. The van der Waals surface area contributed by atoms with Crippen LogP contribution in [0.15, 0.2) is 30.6 Å². The molecule has 7 nitrogen and oxygen atoms in total. The molecule has 1 aliphatic heterocycles. The minimum absolute atomic E-state index is 0.00914. The number of carbonyl (C=O) groups is 2. The van der Waals surface area contributed by atoms with Gasteiger partial charge in [0.2, 0.25) is 11.8 Å². The lowest BCUT2D eigenvalue weighted by molar-refractivity contribution is -0.126. The van der Waals surface area contributed by atoms with E-state index in [4.69, 9.17) is 0 Å². The van der Waals surface area contributed by atoms with Crippen LogP contribution in [0, 0.1) is 5.92 Å². The molecular weight excluding hydrogens is 318 g/mol. The lowest BCUT2D eigenvalue weighted by Crippen LogP contribution is -2.33. The highest BCUT2D eigenvalue weighted by Gasteiger charge is 2.35. The van der Waals surface area contributed by atoms with Crippen LogP contribution in [0.1, 0.15) is 31.7 Å². The summed E-state index contributed by atoms with van der Waals surface area (Å²) >= 11 is 0. The van der Waals surface area contributed by atoms with Crippen molar-refractivity contribution in [3.8, 4) is 0 Å². The second-order valence-corrected chi connectivity index (χ2v) is 6.18. The number of hydrogen-bond acceptors (Lipinski definition) is 4. The van der Waals surface area contributed by atoms with Crippen LogP contribution >= 0.6 is 0 Å². The Morgan fingerprint density at radius 2 is 2.20 bits per heavy atom. The van der Waals surface area contributed by atoms with E-state index in [1.807, 2.05) is 35.8 Å². The van der Waals surface area contributed by atoms with E-state index in [1.165, 1.54) is 5.56 Å². The molecule has 0 saturated carbocycles. The Morgan fingerprint density at radius 1 is 1.36 bits per heavy atom. The Bertz CT molecular complexity index is 770. The van der Waals surface area contributed by atoms with Gasteiger partial charge in [0.15, 0.2) is 5.82 Å². The summed E-state index contributed by atoms with van der Waals surface area (Å²) in [5.74, 6) is 0.252. The van der Waals surface area contributed by atoms with Gasteiger partial charge >= 0.3 is 0 Å². The van der Waals surface area contributed by atoms with Gasteiger partial charge in [-0.2, -0.15) is 0 Å². The topological polar surface area (TPSA) is 80.1 Å². The van der Waals surface area contributed by atoms with Gasteiger partial charge in [-0.1, -0.05) is 19.1 Å². The predicted octanol–water partition coefficient (Wildman–Crippen LogP) is 1.53. The largest absolute Gasteiger partial charge is 0.348 e. The molecule has 1 atom stereocenters. The average molecular weight is 341 g/mol. The number of aromatic nitrogens is 3. The SMILES string of the molecule is CCc1cccc(N2C[C@@H](C(=O)NCc3nncn3CC)CC2=O)c1. The number of anilines is 1. The zero-order valence-corrected chi connectivity index (χ0v) is 14.6. The van der Waals surface area contributed by atoms with Crippen LogP contribution < -0.4 is 10.2 Å². The fourth-order valence-electron chi connectivity index (χ4n) is 3.07. The number of amides is 2. The van der Waals surface area contributed by atoms with Crippen molar-refractivity contribution in [1.29, 1.82) is 0 Å². The second kappa shape index (κ2) is 7.46. The molecular formula is C18H23N5O2. The van der Waals surface area contributed by atoms with Gasteiger partial charge in [-0.3, -0.25) is 9.59 Å². The average Bonchev–Trinajstić information content (AvgIpc) is 3.25. The van der Waals surface area contributed by atoms with Crippen LogP contribution in [-0.4, -0.2) is 33.1 Å². The summed E-state index contributed by atoms with van der Waals surface area (Å²) in [7, 11) is 0. The third-order valence-electron chi connectivity index (χ3n) is 4.58. The molecule has 0 bridgehead atoms. The maximum Gasteiger partial charge on any atom is 0.227 e. The van der Waals surface area contributed by atoms with Crippen LogP contribution in [0.2, 0.25) is 0 Å². The Kier molecular flexibility index (Phi) is 5.11. The van der Waals surface area contributed by atoms with E-state index in [1.54, 1.807) is 11.2 Å². The summed E-state index contributed by atoms with van der Waals surface area (Å²) in [6.45, 7) is 5.56. The molecule has 0 spiro atoms. The van der Waals surface area contributed by atoms with Gasteiger partial charge in [-0.05, 0) is 31.0 Å². The molecule has 3 rings (SSSR count). The first-order valence-electron chi connectivity index (χ1n) is 8.66. The number of benzene rings is 1. The van der Waals surface area contributed by atoms with E-state index in [-0.39, 0.29) is 24.2 Å². The number of hydrogen-bond donors (Lipinski definition) is 1. The van der Waals surface area contributed by atoms with Crippen molar-refractivity contribution in [2.24, 2.45) is 5.92 Å². The lowest BCUT2D eigenvalue weighted by atomic mass is 10.1. The molecule has 132 valence electrons. The van der Waals surface area contributed by atoms with E-state index < -0.39 is 0 Å². The third-order valence-corrected chi connectivity index (χ3v) is 4.58. The first-order chi connectivity index (χ1) is 12.1. The summed E-state index contributed by atoms with van der Waals surface area (Å²) in [6.07, 6.45) is 2.80. The van der Waals surface area contributed by atoms with Crippen molar-refractivity contribution in [3.05, 3.63) is 42.0 Å². The maximum absolute atomic E-state index is 12.4. The van der Waals surface area contributed by atoms with Crippen molar-refractivity contribution in [2.75, 3.05) is 11.4 Å². The number of aryl methyl sites for hydroxylation is 2. The molecule has 0 unspecified atom stereocenters. The third kappa shape index (κ3) is 3.70. The first kappa shape index (κ1) is 17.1. The van der Waals surface area contributed by atoms with Crippen LogP contribution in [0.25, 0.3) is 0 Å². The molecule has 2 aromatic rings. The first-order valence-corrected chi connectivity index (χ1v) is 8.66. The van der Waals surface area contributed by atoms with Crippen molar-refractivity contribution in [2.45, 2.75) is 39.8 Å².